The molecule has 0 radical (unpaired) electrons. The molecule has 0 unspecified atom stereocenters. The van der Waals surface area contributed by atoms with Gasteiger partial charge < -0.3 is 10.1 Å². The number of hydrogen-bond donors (Lipinski definition) is 2. The molecule has 1 aromatic rings. The molecule has 0 spiro atoms. The Morgan fingerprint density at radius 3 is 2.75 bits per heavy atom. The summed E-state index contributed by atoms with van der Waals surface area (Å²) in [6.45, 7) is 4.38. The van der Waals surface area contributed by atoms with Gasteiger partial charge in [0.1, 0.15) is 0 Å². The Morgan fingerprint density at radius 1 is 1.25 bits per heavy atom. The molecule has 2 N–H and O–H groups in total. The Morgan fingerprint density at radius 2 is 2.05 bits per heavy atom. The summed E-state index contributed by atoms with van der Waals surface area (Å²) < 4.78 is 32.1. The Labute approximate surface area is 121 Å². The highest BCUT2D eigenvalue weighted by atomic mass is 32.2. The van der Waals surface area contributed by atoms with E-state index in [9.17, 15) is 8.42 Å². The van der Waals surface area contributed by atoms with Crippen molar-refractivity contribution in [1.29, 1.82) is 0 Å². The predicted molar refractivity (Wildman–Crippen MR) is 80.1 cm³/mol. The zero-order valence-electron chi connectivity index (χ0n) is 12.2. The second-order valence-electron chi connectivity index (χ2n) is 4.54. The SMILES string of the molecule is CCCOCCCNS(=O)(=O)c1cccc(CNC)c1. The molecule has 114 valence electrons. The molecule has 0 aromatic heterocycles. The summed E-state index contributed by atoms with van der Waals surface area (Å²) in [5.41, 5.74) is 0.946. The van der Waals surface area contributed by atoms with Crippen LogP contribution in [0, 0.1) is 0 Å². The summed E-state index contributed by atoms with van der Waals surface area (Å²) in [6, 6.07) is 6.95. The topological polar surface area (TPSA) is 67.4 Å². The highest BCUT2D eigenvalue weighted by molar-refractivity contribution is 7.89. The average Bonchev–Trinajstić information content (AvgIpc) is 2.43. The molecule has 20 heavy (non-hydrogen) atoms. The van der Waals surface area contributed by atoms with E-state index >= 15 is 0 Å². The van der Waals surface area contributed by atoms with Gasteiger partial charge in [0, 0.05) is 26.3 Å². The molecule has 0 aliphatic rings. The lowest BCUT2D eigenvalue weighted by Gasteiger charge is -2.08. The summed E-state index contributed by atoms with van der Waals surface area (Å²) in [6.07, 6.45) is 1.65. The van der Waals surface area contributed by atoms with E-state index < -0.39 is 10.0 Å². The number of benzene rings is 1. The minimum Gasteiger partial charge on any atom is -0.381 e. The van der Waals surface area contributed by atoms with Gasteiger partial charge in [0.2, 0.25) is 10.0 Å². The van der Waals surface area contributed by atoms with Gasteiger partial charge in [-0.25, -0.2) is 13.1 Å². The largest absolute Gasteiger partial charge is 0.381 e. The highest BCUT2D eigenvalue weighted by Crippen LogP contribution is 2.11. The Balaban J connectivity index is 2.49. The number of hydrogen-bond acceptors (Lipinski definition) is 4. The van der Waals surface area contributed by atoms with Crippen LogP contribution >= 0.6 is 0 Å². The molecule has 6 heteroatoms. The van der Waals surface area contributed by atoms with Gasteiger partial charge in [0.15, 0.2) is 0 Å². The first-order chi connectivity index (χ1) is 9.60. The van der Waals surface area contributed by atoms with Crippen molar-refractivity contribution in [3.63, 3.8) is 0 Å². The van der Waals surface area contributed by atoms with Gasteiger partial charge in [-0.05, 0) is 37.6 Å². The van der Waals surface area contributed by atoms with Crippen LogP contribution in [0.3, 0.4) is 0 Å². The summed E-state index contributed by atoms with van der Waals surface area (Å²) >= 11 is 0. The Hall–Kier alpha value is -0.950. The van der Waals surface area contributed by atoms with Crippen molar-refractivity contribution >= 4 is 10.0 Å². The quantitative estimate of drug-likeness (QED) is 0.643. The zero-order valence-corrected chi connectivity index (χ0v) is 13.0. The third kappa shape index (κ3) is 6.00. The first-order valence-electron chi connectivity index (χ1n) is 6.91. The lowest BCUT2D eigenvalue weighted by Crippen LogP contribution is -2.25. The fraction of sp³-hybridized carbons (Fsp3) is 0.571. The van der Waals surface area contributed by atoms with Crippen LogP contribution in [0.2, 0.25) is 0 Å². The molecule has 0 amide bonds. The molecule has 0 bridgehead atoms. The summed E-state index contributed by atoms with van der Waals surface area (Å²) in [5, 5.41) is 3.00. The van der Waals surface area contributed by atoms with Crippen molar-refractivity contribution in [2.75, 3.05) is 26.8 Å². The van der Waals surface area contributed by atoms with Crippen LogP contribution in [0.15, 0.2) is 29.2 Å². The van der Waals surface area contributed by atoms with Gasteiger partial charge >= 0.3 is 0 Å². The first-order valence-corrected chi connectivity index (χ1v) is 8.39. The number of ether oxygens (including phenoxy) is 1. The van der Waals surface area contributed by atoms with Gasteiger partial charge in [-0.15, -0.1) is 0 Å². The van der Waals surface area contributed by atoms with E-state index in [0.29, 0.717) is 31.0 Å². The van der Waals surface area contributed by atoms with Crippen molar-refractivity contribution in [3.05, 3.63) is 29.8 Å². The molecular weight excluding hydrogens is 276 g/mol. The molecule has 1 rings (SSSR count). The van der Waals surface area contributed by atoms with E-state index in [-0.39, 0.29) is 0 Å². The van der Waals surface area contributed by atoms with Crippen LogP contribution in [0.1, 0.15) is 25.3 Å². The maximum Gasteiger partial charge on any atom is 0.240 e. The van der Waals surface area contributed by atoms with Gasteiger partial charge in [-0.2, -0.15) is 0 Å². The summed E-state index contributed by atoms with van der Waals surface area (Å²) in [7, 11) is -1.60. The summed E-state index contributed by atoms with van der Waals surface area (Å²) in [5.74, 6) is 0. The van der Waals surface area contributed by atoms with Crippen molar-refractivity contribution in [2.24, 2.45) is 0 Å². The molecular formula is C14H24N2O3S. The Kier molecular flexibility index (Phi) is 7.76. The molecule has 0 saturated heterocycles. The van der Waals surface area contributed by atoms with E-state index in [0.717, 1.165) is 18.6 Å². The van der Waals surface area contributed by atoms with Crippen molar-refractivity contribution < 1.29 is 13.2 Å². The van der Waals surface area contributed by atoms with Crippen LogP contribution in [0.5, 0.6) is 0 Å². The van der Waals surface area contributed by atoms with Gasteiger partial charge in [0.25, 0.3) is 0 Å². The van der Waals surface area contributed by atoms with E-state index in [1.165, 1.54) is 0 Å². The van der Waals surface area contributed by atoms with Crippen LogP contribution < -0.4 is 10.0 Å². The molecule has 0 aliphatic carbocycles. The third-order valence-corrected chi connectivity index (χ3v) is 4.15. The zero-order chi connectivity index (χ0) is 14.8. The number of nitrogens with one attached hydrogen (secondary N) is 2. The van der Waals surface area contributed by atoms with Crippen LogP contribution in [0.25, 0.3) is 0 Å². The Bertz CT molecular complexity index is 489. The smallest absolute Gasteiger partial charge is 0.240 e. The fourth-order valence-electron chi connectivity index (χ4n) is 1.74. The maximum atomic E-state index is 12.1. The molecule has 0 fully saturated rings. The molecule has 1 aromatic carbocycles. The average molecular weight is 300 g/mol. The van der Waals surface area contributed by atoms with Gasteiger partial charge in [0.05, 0.1) is 4.90 Å². The molecule has 0 saturated carbocycles. The van der Waals surface area contributed by atoms with Crippen LogP contribution in [-0.4, -0.2) is 35.2 Å². The standard InChI is InChI=1S/C14H24N2O3S/c1-3-9-19-10-5-8-16-20(17,18)14-7-4-6-13(11-14)12-15-2/h4,6-7,11,15-16H,3,5,8-10,12H2,1-2H3. The van der Waals surface area contributed by atoms with Crippen LogP contribution in [0.4, 0.5) is 0 Å². The lowest BCUT2D eigenvalue weighted by molar-refractivity contribution is 0.133. The molecule has 0 heterocycles. The van der Waals surface area contributed by atoms with Crippen molar-refractivity contribution in [1.82, 2.24) is 10.0 Å². The second kappa shape index (κ2) is 9.07. The third-order valence-electron chi connectivity index (χ3n) is 2.70. The monoisotopic (exact) mass is 300 g/mol. The van der Waals surface area contributed by atoms with E-state index in [1.54, 1.807) is 18.2 Å². The van der Waals surface area contributed by atoms with Crippen molar-refractivity contribution in [2.45, 2.75) is 31.2 Å². The minimum atomic E-state index is -3.43. The van der Waals surface area contributed by atoms with Crippen molar-refractivity contribution in [3.8, 4) is 0 Å². The molecule has 0 aliphatic heterocycles. The lowest BCUT2D eigenvalue weighted by atomic mass is 10.2. The predicted octanol–water partition coefficient (Wildman–Crippen LogP) is 1.50. The van der Waals surface area contributed by atoms with Gasteiger partial charge in [-0.3, -0.25) is 0 Å². The summed E-state index contributed by atoms with van der Waals surface area (Å²) in [4.78, 5) is 0.305. The fourth-order valence-corrected chi connectivity index (χ4v) is 2.88. The van der Waals surface area contributed by atoms with E-state index in [4.69, 9.17) is 4.74 Å². The van der Waals surface area contributed by atoms with E-state index in [2.05, 4.69) is 10.0 Å². The first kappa shape index (κ1) is 17.1. The second-order valence-corrected chi connectivity index (χ2v) is 6.31. The highest BCUT2D eigenvalue weighted by Gasteiger charge is 2.13. The number of rotatable bonds is 10. The number of sulfonamides is 1. The van der Waals surface area contributed by atoms with E-state index in [1.807, 2.05) is 20.0 Å². The normalized spacial score (nSPS) is 11.7. The molecule has 0 atom stereocenters. The van der Waals surface area contributed by atoms with Crippen LogP contribution in [-0.2, 0) is 21.3 Å². The molecule has 5 nitrogen and oxygen atoms in total. The van der Waals surface area contributed by atoms with Gasteiger partial charge in [-0.1, -0.05) is 19.1 Å². The maximum absolute atomic E-state index is 12.1. The minimum absolute atomic E-state index is 0.305.